The largest absolute Gasteiger partial charge is 0.478 e. The lowest BCUT2D eigenvalue weighted by atomic mass is 9.63. The smallest absolute Gasteiger partial charge is 0.417 e. The van der Waals surface area contributed by atoms with Gasteiger partial charge in [0.2, 0.25) is 0 Å². The van der Waals surface area contributed by atoms with Gasteiger partial charge in [0.15, 0.2) is 0 Å². The van der Waals surface area contributed by atoms with E-state index in [1.54, 1.807) is 0 Å². The minimum absolute atomic E-state index is 0.0351. The van der Waals surface area contributed by atoms with Gasteiger partial charge in [-0.25, -0.2) is 9.59 Å². The number of anilines is 1. The summed E-state index contributed by atoms with van der Waals surface area (Å²) in [7, 11) is 0. The summed E-state index contributed by atoms with van der Waals surface area (Å²) in [6.07, 6.45) is 1.60. The second kappa shape index (κ2) is 6.72. The van der Waals surface area contributed by atoms with Crippen molar-refractivity contribution in [1.29, 1.82) is 0 Å². The topological polar surface area (TPSA) is 75.6 Å². The molecule has 0 heterocycles. The normalized spacial score (nSPS) is 16.9. The molecule has 1 amide bonds. The van der Waals surface area contributed by atoms with E-state index in [9.17, 15) is 9.59 Å². The molecule has 0 atom stereocenters. The van der Waals surface area contributed by atoms with Crippen molar-refractivity contribution in [1.82, 2.24) is 0 Å². The van der Waals surface area contributed by atoms with Crippen molar-refractivity contribution in [3.63, 3.8) is 0 Å². The zero-order valence-corrected chi connectivity index (χ0v) is 16.1. The first-order valence-corrected chi connectivity index (χ1v) is 9.06. The number of carboxylic acid groups (broad SMARTS) is 1. The summed E-state index contributed by atoms with van der Waals surface area (Å²) < 4.78 is 5.46. The highest BCUT2D eigenvalue weighted by atomic mass is 16.6. The molecule has 5 heteroatoms. The van der Waals surface area contributed by atoms with E-state index >= 15 is 0 Å². The lowest BCUT2D eigenvalue weighted by molar-refractivity contribution is 0.0697. The molecule has 2 N–H and O–H groups in total. The molecule has 2 aromatic rings. The van der Waals surface area contributed by atoms with Crippen molar-refractivity contribution in [3.05, 3.63) is 59.2 Å². The highest BCUT2D eigenvalue weighted by molar-refractivity contribution is 5.90. The molecule has 0 unspecified atom stereocenters. The predicted molar refractivity (Wildman–Crippen MR) is 105 cm³/mol. The summed E-state index contributed by atoms with van der Waals surface area (Å²) in [6, 6.07) is 11.8. The van der Waals surface area contributed by atoms with Crippen LogP contribution in [0.25, 0.3) is 0 Å². The summed E-state index contributed by atoms with van der Waals surface area (Å²) in [5.74, 6) is -0.511. The first kappa shape index (κ1) is 19.0. The number of carbonyl (C=O) groups excluding carboxylic acids is 1. The first-order valence-electron chi connectivity index (χ1n) is 9.06. The number of amides is 1. The number of carboxylic acids is 1. The summed E-state index contributed by atoms with van der Waals surface area (Å²) in [6.45, 7) is 8.92. The monoisotopic (exact) mass is 367 g/mol. The number of nitrogens with one attached hydrogen (secondary N) is 1. The van der Waals surface area contributed by atoms with Gasteiger partial charge in [-0.2, -0.15) is 0 Å². The number of ether oxygens (including phenoxy) is 1. The van der Waals surface area contributed by atoms with Crippen LogP contribution in [0, 0.1) is 0 Å². The predicted octanol–water partition coefficient (Wildman–Crippen LogP) is 5.34. The third-order valence-electron chi connectivity index (χ3n) is 5.41. The number of rotatable bonds is 3. The van der Waals surface area contributed by atoms with Gasteiger partial charge in [-0.1, -0.05) is 33.8 Å². The maximum Gasteiger partial charge on any atom is 0.417 e. The Morgan fingerprint density at radius 1 is 0.926 bits per heavy atom. The van der Waals surface area contributed by atoms with Gasteiger partial charge >= 0.3 is 12.1 Å². The summed E-state index contributed by atoms with van der Waals surface area (Å²) in [5, 5.41) is 11.5. The van der Waals surface area contributed by atoms with E-state index < -0.39 is 12.1 Å². The lowest BCUT2D eigenvalue weighted by Crippen LogP contribution is -2.33. The molecule has 0 saturated carbocycles. The van der Waals surface area contributed by atoms with E-state index in [1.165, 1.54) is 35.4 Å². The third-order valence-corrected chi connectivity index (χ3v) is 5.41. The van der Waals surface area contributed by atoms with E-state index in [2.05, 4.69) is 39.1 Å². The molecule has 0 fully saturated rings. The van der Waals surface area contributed by atoms with Gasteiger partial charge in [0.05, 0.1) is 5.56 Å². The minimum Gasteiger partial charge on any atom is -0.478 e. The van der Waals surface area contributed by atoms with Crippen molar-refractivity contribution < 1.29 is 19.4 Å². The Hall–Kier alpha value is -2.82. The molecule has 27 heavy (non-hydrogen) atoms. The van der Waals surface area contributed by atoms with Gasteiger partial charge in [0.1, 0.15) is 5.75 Å². The SMILES string of the molecule is CC1(C)CCC(C)(C)c2cc(OC(=O)Nc3ccc(C(=O)O)cc3)ccc21. The van der Waals surface area contributed by atoms with Crippen LogP contribution in [0.3, 0.4) is 0 Å². The summed E-state index contributed by atoms with van der Waals surface area (Å²) >= 11 is 0. The van der Waals surface area contributed by atoms with Crippen LogP contribution in [0.15, 0.2) is 42.5 Å². The minimum atomic E-state index is -1.01. The zero-order valence-electron chi connectivity index (χ0n) is 16.1. The lowest BCUT2D eigenvalue weighted by Gasteiger charge is -2.41. The molecule has 1 aliphatic rings. The van der Waals surface area contributed by atoms with Crippen molar-refractivity contribution in [2.45, 2.75) is 51.4 Å². The molecule has 5 nitrogen and oxygen atoms in total. The summed E-state index contributed by atoms with van der Waals surface area (Å²) in [4.78, 5) is 23.1. The molecule has 2 aromatic carbocycles. The molecule has 3 rings (SSSR count). The Morgan fingerprint density at radius 3 is 2.11 bits per heavy atom. The van der Waals surface area contributed by atoms with Crippen LogP contribution in [-0.2, 0) is 10.8 Å². The van der Waals surface area contributed by atoms with E-state index in [-0.39, 0.29) is 16.4 Å². The van der Waals surface area contributed by atoms with E-state index in [4.69, 9.17) is 9.84 Å². The number of carbonyl (C=O) groups is 2. The standard InChI is InChI=1S/C22H25NO4/c1-21(2)11-12-22(3,4)18-13-16(9-10-17(18)21)27-20(26)23-15-7-5-14(6-8-15)19(24)25/h5-10,13H,11-12H2,1-4H3,(H,23,26)(H,24,25). The Bertz CT molecular complexity index is 882. The molecule has 0 bridgehead atoms. The Balaban J connectivity index is 1.76. The third kappa shape index (κ3) is 3.97. The zero-order chi connectivity index (χ0) is 19.8. The Kier molecular flexibility index (Phi) is 4.72. The Morgan fingerprint density at radius 2 is 1.52 bits per heavy atom. The molecule has 1 aliphatic carbocycles. The van der Waals surface area contributed by atoms with Crippen molar-refractivity contribution in [2.75, 3.05) is 5.32 Å². The van der Waals surface area contributed by atoms with Gasteiger partial charge in [-0.3, -0.25) is 5.32 Å². The van der Waals surface area contributed by atoms with Crippen LogP contribution in [0.4, 0.5) is 10.5 Å². The molecular weight excluding hydrogens is 342 g/mol. The fourth-order valence-corrected chi connectivity index (χ4v) is 3.58. The fraction of sp³-hybridized carbons (Fsp3) is 0.364. The van der Waals surface area contributed by atoms with Gasteiger partial charge in [-0.05, 0) is 71.2 Å². The molecule has 0 spiro atoms. The second-order valence-corrected chi connectivity index (χ2v) is 8.37. The highest BCUT2D eigenvalue weighted by Crippen LogP contribution is 2.46. The number of hydrogen-bond acceptors (Lipinski definition) is 3. The number of benzene rings is 2. The average molecular weight is 367 g/mol. The summed E-state index contributed by atoms with van der Waals surface area (Å²) in [5.41, 5.74) is 3.30. The quantitative estimate of drug-likeness (QED) is 0.767. The van der Waals surface area contributed by atoms with Crippen LogP contribution >= 0.6 is 0 Å². The Labute approximate surface area is 159 Å². The second-order valence-electron chi connectivity index (χ2n) is 8.37. The van der Waals surface area contributed by atoms with Crippen LogP contribution < -0.4 is 10.1 Å². The maximum absolute atomic E-state index is 12.2. The van der Waals surface area contributed by atoms with Gasteiger partial charge in [0.25, 0.3) is 0 Å². The number of hydrogen-bond donors (Lipinski definition) is 2. The molecular formula is C22H25NO4. The van der Waals surface area contributed by atoms with Gasteiger partial charge in [0, 0.05) is 5.69 Å². The van der Waals surface area contributed by atoms with Crippen LogP contribution in [0.1, 0.15) is 62.0 Å². The van der Waals surface area contributed by atoms with Crippen molar-refractivity contribution >= 4 is 17.7 Å². The van der Waals surface area contributed by atoms with Crippen LogP contribution in [0.5, 0.6) is 5.75 Å². The average Bonchev–Trinajstić information content (AvgIpc) is 2.59. The maximum atomic E-state index is 12.2. The molecule has 142 valence electrons. The first-order chi connectivity index (χ1) is 12.6. The molecule has 0 aliphatic heterocycles. The van der Waals surface area contributed by atoms with Crippen LogP contribution in [-0.4, -0.2) is 17.2 Å². The molecule has 0 radical (unpaired) electrons. The fourth-order valence-electron chi connectivity index (χ4n) is 3.58. The van der Waals surface area contributed by atoms with E-state index in [0.717, 1.165) is 12.8 Å². The highest BCUT2D eigenvalue weighted by Gasteiger charge is 2.37. The van der Waals surface area contributed by atoms with E-state index in [1.807, 2.05) is 12.1 Å². The van der Waals surface area contributed by atoms with Crippen LogP contribution in [0.2, 0.25) is 0 Å². The van der Waals surface area contributed by atoms with Crippen molar-refractivity contribution in [2.24, 2.45) is 0 Å². The number of fused-ring (bicyclic) bond motifs is 1. The van der Waals surface area contributed by atoms with Crippen molar-refractivity contribution in [3.8, 4) is 5.75 Å². The number of aromatic carboxylic acids is 1. The van der Waals surface area contributed by atoms with E-state index in [0.29, 0.717) is 11.4 Å². The van der Waals surface area contributed by atoms with Gasteiger partial charge < -0.3 is 9.84 Å². The van der Waals surface area contributed by atoms with Gasteiger partial charge in [-0.15, -0.1) is 0 Å². The molecule has 0 saturated heterocycles. The molecule has 0 aromatic heterocycles.